The minimum Gasteiger partial charge on any atom is -0.489 e. The molecular weight excluding hydrogens is 250 g/mol. The van der Waals surface area contributed by atoms with Gasteiger partial charge in [0, 0.05) is 35.0 Å². The lowest BCUT2D eigenvalue weighted by atomic mass is 9.91. The number of hydrogen-bond acceptors (Lipinski definition) is 3. The summed E-state index contributed by atoms with van der Waals surface area (Å²) in [5.41, 5.74) is 8.25. The molecule has 1 aliphatic heterocycles. The number of halogens is 1. The molecule has 0 aromatic heterocycles. The Hall–Kier alpha value is -0.930. The van der Waals surface area contributed by atoms with Crippen LogP contribution in [0.2, 0.25) is 5.02 Å². The minimum atomic E-state index is 0.0753. The molecule has 98 valence electrons. The highest BCUT2D eigenvalue weighted by molar-refractivity contribution is 6.32. The van der Waals surface area contributed by atoms with Gasteiger partial charge in [-0.25, -0.2) is 0 Å². The van der Waals surface area contributed by atoms with Gasteiger partial charge in [0.2, 0.25) is 0 Å². The molecule has 3 nitrogen and oxygen atoms in total. The van der Waals surface area contributed by atoms with Crippen LogP contribution < -0.4 is 15.2 Å². The molecule has 0 saturated heterocycles. The van der Waals surface area contributed by atoms with Crippen LogP contribution >= 0.6 is 11.6 Å². The summed E-state index contributed by atoms with van der Waals surface area (Å²) in [6.45, 7) is 4.09. The van der Waals surface area contributed by atoms with Gasteiger partial charge >= 0.3 is 0 Å². The Bertz CT molecular complexity index is 483. The molecule has 0 radical (unpaired) electrons. The van der Waals surface area contributed by atoms with E-state index in [1.807, 2.05) is 6.07 Å². The van der Waals surface area contributed by atoms with E-state index in [1.165, 1.54) is 0 Å². The Morgan fingerprint density at radius 2 is 2.06 bits per heavy atom. The van der Waals surface area contributed by atoms with E-state index in [2.05, 4.69) is 6.92 Å². The van der Waals surface area contributed by atoms with Crippen molar-refractivity contribution in [3.63, 3.8) is 0 Å². The molecule has 1 fully saturated rings. The molecule has 3 rings (SSSR count). The quantitative estimate of drug-likeness (QED) is 0.896. The average molecular weight is 268 g/mol. The third kappa shape index (κ3) is 1.77. The molecule has 0 bridgehead atoms. The first-order valence-corrected chi connectivity index (χ1v) is 6.85. The van der Waals surface area contributed by atoms with Gasteiger partial charge in [-0.3, -0.25) is 0 Å². The van der Waals surface area contributed by atoms with Gasteiger partial charge in [0.1, 0.15) is 0 Å². The standard InChI is InChI=1S/C14H18ClNO2/c1-9-12(14(8-16)3-4-14)10(15)7-11-13(9)18-6-2-5-17-11/h7H,2-6,8,16H2,1H3. The Balaban J connectivity index is 2.13. The summed E-state index contributed by atoms with van der Waals surface area (Å²) in [7, 11) is 0. The van der Waals surface area contributed by atoms with Crippen molar-refractivity contribution >= 4 is 11.6 Å². The molecule has 1 aromatic carbocycles. The first-order chi connectivity index (χ1) is 8.68. The molecule has 1 aromatic rings. The maximum Gasteiger partial charge on any atom is 0.164 e. The van der Waals surface area contributed by atoms with Crippen molar-refractivity contribution in [1.29, 1.82) is 0 Å². The summed E-state index contributed by atoms with van der Waals surface area (Å²) in [4.78, 5) is 0. The lowest BCUT2D eigenvalue weighted by Gasteiger charge is -2.21. The number of fused-ring (bicyclic) bond motifs is 1. The second-order valence-corrected chi connectivity index (χ2v) is 5.63. The summed E-state index contributed by atoms with van der Waals surface area (Å²) in [6, 6.07) is 1.89. The third-order valence-electron chi connectivity index (χ3n) is 4.00. The molecule has 2 aliphatic rings. The van der Waals surface area contributed by atoms with E-state index in [4.69, 9.17) is 26.8 Å². The van der Waals surface area contributed by atoms with E-state index in [0.717, 1.165) is 46.9 Å². The van der Waals surface area contributed by atoms with Crippen LogP contribution in [0.4, 0.5) is 0 Å². The van der Waals surface area contributed by atoms with Crippen LogP contribution in [-0.2, 0) is 5.41 Å². The van der Waals surface area contributed by atoms with E-state index < -0.39 is 0 Å². The molecule has 18 heavy (non-hydrogen) atoms. The Morgan fingerprint density at radius 3 is 2.72 bits per heavy atom. The molecule has 1 aliphatic carbocycles. The van der Waals surface area contributed by atoms with Crippen LogP contribution in [-0.4, -0.2) is 19.8 Å². The Kier molecular flexibility index (Phi) is 2.91. The normalized spacial score (nSPS) is 20.4. The van der Waals surface area contributed by atoms with Gasteiger partial charge in [0.25, 0.3) is 0 Å². The van der Waals surface area contributed by atoms with Crippen LogP contribution in [0, 0.1) is 6.92 Å². The van der Waals surface area contributed by atoms with Gasteiger partial charge < -0.3 is 15.2 Å². The van der Waals surface area contributed by atoms with Crippen molar-refractivity contribution in [2.75, 3.05) is 19.8 Å². The van der Waals surface area contributed by atoms with E-state index >= 15 is 0 Å². The number of ether oxygens (including phenoxy) is 2. The van der Waals surface area contributed by atoms with Crippen LogP contribution in [0.5, 0.6) is 11.5 Å². The fourth-order valence-electron chi connectivity index (χ4n) is 2.79. The molecule has 0 atom stereocenters. The van der Waals surface area contributed by atoms with Crippen molar-refractivity contribution in [3.05, 3.63) is 22.2 Å². The van der Waals surface area contributed by atoms with Gasteiger partial charge in [-0.1, -0.05) is 11.6 Å². The first-order valence-electron chi connectivity index (χ1n) is 6.47. The Labute approximate surface area is 112 Å². The monoisotopic (exact) mass is 267 g/mol. The summed E-state index contributed by atoms with van der Waals surface area (Å²) in [6.07, 6.45) is 3.14. The SMILES string of the molecule is Cc1c2c(cc(Cl)c1C1(CN)CC1)OCCCO2. The smallest absolute Gasteiger partial charge is 0.164 e. The summed E-state index contributed by atoms with van der Waals surface area (Å²) in [5.74, 6) is 1.62. The van der Waals surface area contributed by atoms with Gasteiger partial charge in [-0.2, -0.15) is 0 Å². The Morgan fingerprint density at radius 1 is 1.33 bits per heavy atom. The van der Waals surface area contributed by atoms with E-state index in [0.29, 0.717) is 19.8 Å². The molecular formula is C14H18ClNO2. The molecule has 2 N–H and O–H groups in total. The number of benzene rings is 1. The average Bonchev–Trinajstić information content (AvgIpc) is 3.13. The van der Waals surface area contributed by atoms with E-state index in [1.54, 1.807) is 0 Å². The number of nitrogens with two attached hydrogens (primary N) is 1. The fraction of sp³-hybridized carbons (Fsp3) is 0.571. The van der Waals surface area contributed by atoms with Crippen molar-refractivity contribution in [2.24, 2.45) is 5.73 Å². The molecule has 4 heteroatoms. The van der Waals surface area contributed by atoms with Gasteiger partial charge in [-0.15, -0.1) is 0 Å². The van der Waals surface area contributed by atoms with Crippen LogP contribution in [0.15, 0.2) is 6.07 Å². The third-order valence-corrected chi connectivity index (χ3v) is 4.30. The van der Waals surface area contributed by atoms with Crippen molar-refractivity contribution in [2.45, 2.75) is 31.6 Å². The van der Waals surface area contributed by atoms with E-state index in [9.17, 15) is 0 Å². The predicted molar refractivity (Wildman–Crippen MR) is 71.8 cm³/mol. The number of rotatable bonds is 2. The zero-order valence-corrected chi connectivity index (χ0v) is 11.3. The van der Waals surface area contributed by atoms with Gasteiger partial charge in [-0.05, 0) is 25.3 Å². The van der Waals surface area contributed by atoms with Crippen molar-refractivity contribution in [1.82, 2.24) is 0 Å². The van der Waals surface area contributed by atoms with Gasteiger partial charge in [0.05, 0.1) is 13.2 Å². The minimum absolute atomic E-state index is 0.0753. The van der Waals surface area contributed by atoms with Crippen LogP contribution in [0.3, 0.4) is 0 Å². The summed E-state index contributed by atoms with van der Waals surface area (Å²) in [5, 5.41) is 0.764. The molecule has 0 unspecified atom stereocenters. The van der Waals surface area contributed by atoms with Crippen molar-refractivity contribution in [3.8, 4) is 11.5 Å². The highest BCUT2D eigenvalue weighted by atomic mass is 35.5. The fourth-order valence-corrected chi connectivity index (χ4v) is 3.23. The summed E-state index contributed by atoms with van der Waals surface area (Å²) >= 11 is 6.43. The zero-order valence-electron chi connectivity index (χ0n) is 10.6. The molecule has 1 saturated carbocycles. The molecule has 0 spiro atoms. The van der Waals surface area contributed by atoms with Crippen molar-refractivity contribution < 1.29 is 9.47 Å². The van der Waals surface area contributed by atoms with Crippen LogP contribution in [0.1, 0.15) is 30.4 Å². The lowest BCUT2D eigenvalue weighted by molar-refractivity contribution is 0.296. The highest BCUT2D eigenvalue weighted by Crippen LogP contribution is 2.54. The highest BCUT2D eigenvalue weighted by Gasteiger charge is 2.46. The van der Waals surface area contributed by atoms with Gasteiger partial charge in [0.15, 0.2) is 11.5 Å². The second-order valence-electron chi connectivity index (χ2n) is 5.22. The summed E-state index contributed by atoms with van der Waals surface area (Å²) < 4.78 is 11.5. The topological polar surface area (TPSA) is 44.5 Å². The number of hydrogen-bond donors (Lipinski definition) is 1. The maximum absolute atomic E-state index is 6.43. The second kappa shape index (κ2) is 4.32. The maximum atomic E-state index is 6.43. The van der Waals surface area contributed by atoms with E-state index in [-0.39, 0.29) is 5.41 Å². The first kappa shape index (κ1) is 12.1. The largest absolute Gasteiger partial charge is 0.489 e. The molecule has 0 amide bonds. The van der Waals surface area contributed by atoms with Crippen LogP contribution in [0.25, 0.3) is 0 Å². The predicted octanol–water partition coefficient (Wildman–Crippen LogP) is 2.80. The zero-order chi connectivity index (χ0) is 12.8. The lowest BCUT2D eigenvalue weighted by Crippen LogP contribution is -2.21. The molecule has 1 heterocycles.